The maximum absolute atomic E-state index is 5.82. The molecule has 7 heteroatoms. The van der Waals surface area contributed by atoms with Crippen LogP contribution in [0.2, 0.25) is 0 Å². The fraction of sp³-hybridized carbons (Fsp3) is 0.286. The average Bonchev–Trinajstić information content (AvgIpc) is 3.18. The minimum absolute atomic E-state index is 0.159. The third kappa shape index (κ3) is 3.42. The van der Waals surface area contributed by atoms with E-state index in [1.54, 1.807) is 22.7 Å². The number of thiophene rings is 2. The van der Waals surface area contributed by atoms with Crippen LogP contribution in [0.15, 0.2) is 37.8 Å². The van der Waals surface area contributed by atoms with E-state index in [1.165, 1.54) is 9.78 Å². The third-order valence-electron chi connectivity index (χ3n) is 3.36. The Balaban J connectivity index is 1.71. The highest BCUT2D eigenvalue weighted by atomic mass is 79.9. The standard InChI is InChI=1S/C14H14BrN3OS2/c1-9(18(2)8-10-5-6-12(15)21-10)13-16-17-14(19-13)11-4-3-7-20-11/h3-7,9H,8H2,1-2H3/p+1/t9-/m1/s1. The van der Waals surface area contributed by atoms with Crippen molar-refractivity contribution in [3.8, 4) is 10.8 Å². The summed E-state index contributed by atoms with van der Waals surface area (Å²) in [5.41, 5.74) is 0. The van der Waals surface area contributed by atoms with Crippen molar-refractivity contribution >= 4 is 38.6 Å². The molecular weight excluding hydrogens is 370 g/mol. The van der Waals surface area contributed by atoms with Crippen LogP contribution in [0.1, 0.15) is 23.7 Å². The molecule has 0 aliphatic heterocycles. The van der Waals surface area contributed by atoms with Gasteiger partial charge in [0.25, 0.3) is 11.8 Å². The van der Waals surface area contributed by atoms with Crippen LogP contribution in [0, 0.1) is 0 Å². The third-order valence-corrected chi connectivity index (χ3v) is 5.85. The van der Waals surface area contributed by atoms with E-state index in [0.29, 0.717) is 11.8 Å². The lowest BCUT2D eigenvalue weighted by Gasteiger charge is -2.17. The van der Waals surface area contributed by atoms with Crippen LogP contribution in [-0.4, -0.2) is 17.2 Å². The van der Waals surface area contributed by atoms with Gasteiger partial charge in [0.15, 0.2) is 6.04 Å². The lowest BCUT2D eigenvalue weighted by atomic mass is 10.3. The van der Waals surface area contributed by atoms with E-state index in [2.05, 4.69) is 52.2 Å². The molecule has 4 nitrogen and oxygen atoms in total. The van der Waals surface area contributed by atoms with Gasteiger partial charge < -0.3 is 9.32 Å². The Morgan fingerprint density at radius 3 is 2.86 bits per heavy atom. The zero-order chi connectivity index (χ0) is 14.8. The van der Waals surface area contributed by atoms with E-state index in [9.17, 15) is 0 Å². The van der Waals surface area contributed by atoms with Crippen molar-refractivity contribution in [2.75, 3.05) is 7.05 Å². The van der Waals surface area contributed by atoms with E-state index >= 15 is 0 Å². The number of hydrogen-bond acceptors (Lipinski definition) is 5. The van der Waals surface area contributed by atoms with E-state index in [4.69, 9.17) is 4.42 Å². The van der Waals surface area contributed by atoms with Crippen LogP contribution in [-0.2, 0) is 6.54 Å². The molecule has 0 fully saturated rings. The van der Waals surface area contributed by atoms with Crippen LogP contribution in [0.25, 0.3) is 10.8 Å². The van der Waals surface area contributed by atoms with Crippen LogP contribution >= 0.6 is 38.6 Å². The molecule has 0 amide bonds. The van der Waals surface area contributed by atoms with Gasteiger partial charge in [0.05, 0.1) is 20.6 Å². The summed E-state index contributed by atoms with van der Waals surface area (Å²) in [5, 5.41) is 10.4. The predicted octanol–water partition coefficient (Wildman–Crippen LogP) is 3.40. The lowest BCUT2D eigenvalue weighted by Crippen LogP contribution is -3.07. The molecule has 21 heavy (non-hydrogen) atoms. The predicted molar refractivity (Wildman–Crippen MR) is 88.6 cm³/mol. The van der Waals surface area contributed by atoms with Crippen molar-refractivity contribution in [3.63, 3.8) is 0 Å². The normalized spacial score (nSPS) is 14.2. The fourth-order valence-corrected chi connectivity index (χ4v) is 4.22. The minimum atomic E-state index is 0.159. The van der Waals surface area contributed by atoms with Crippen LogP contribution < -0.4 is 4.90 Å². The fourth-order valence-electron chi connectivity index (χ4n) is 1.99. The van der Waals surface area contributed by atoms with Gasteiger partial charge in [-0.15, -0.1) is 32.9 Å². The molecule has 110 valence electrons. The largest absolute Gasteiger partial charge is 0.414 e. The first-order chi connectivity index (χ1) is 10.1. The second-order valence-electron chi connectivity index (χ2n) is 4.87. The van der Waals surface area contributed by atoms with E-state index in [-0.39, 0.29) is 6.04 Å². The van der Waals surface area contributed by atoms with Crippen LogP contribution in [0.4, 0.5) is 0 Å². The van der Waals surface area contributed by atoms with Crippen molar-refractivity contribution in [2.45, 2.75) is 19.5 Å². The van der Waals surface area contributed by atoms with Gasteiger partial charge in [-0.3, -0.25) is 0 Å². The quantitative estimate of drug-likeness (QED) is 0.732. The highest BCUT2D eigenvalue weighted by Gasteiger charge is 2.23. The molecule has 3 aromatic rings. The second-order valence-corrected chi connectivity index (χ2v) is 8.37. The molecule has 1 unspecified atom stereocenters. The molecule has 0 saturated heterocycles. The summed E-state index contributed by atoms with van der Waals surface area (Å²) in [7, 11) is 2.15. The number of hydrogen-bond donors (Lipinski definition) is 1. The smallest absolute Gasteiger partial charge is 0.274 e. The summed E-state index contributed by atoms with van der Waals surface area (Å²) < 4.78 is 6.98. The Bertz CT molecular complexity index is 707. The van der Waals surface area contributed by atoms with Crippen molar-refractivity contribution in [1.29, 1.82) is 0 Å². The Kier molecular flexibility index (Phi) is 4.54. The zero-order valence-electron chi connectivity index (χ0n) is 11.7. The molecule has 0 aromatic carbocycles. The van der Waals surface area contributed by atoms with Gasteiger partial charge in [0, 0.05) is 0 Å². The van der Waals surface area contributed by atoms with Crippen molar-refractivity contribution in [1.82, 2.24) is 10.2 Å². The van der Waals surface area contributed by atoms with Crippen molar-refractivity contribution < 1.29 is 9.32 Å². The van der Waals surface area contributed by atoms with E-state index < -0.39 is 0 Å². The number of halogens is 1. The molecule has 0 aliphatic carbocycles. The Morgan fingerprint density at radius 2 is 2.19 bits per heavy atom. The molecule has 1 N–H and O–H groups in total. The first-order valence-electron chi connectivity index (χ1n) is 6.57. The Morgan fingerprint density at radius 1 is 1.33 bits per heavy atom. The Labute approximate surface area is 139 Å². The van der Waals surface area contributed by atoms with Crippen LogP contribution in [0.3, 0.4) is 0 Å². The molecule has 3 heterocycles. The maximum Gasteiger partial charge on any atom is 0.274 e. The van der Waals surface area contributed by atoms with Crippen LogP contribution in [0.5, 0.6) is 0 Å². The first kappa shape index (κ1) is 14.9. The van der Waals surface area contributed by atoms with E-state index in [1.807, 2.05) is 17.5 Å². The van der Waals surface area contributed by atoms with Crippen molar-refractivity contribution in [3.05, 3.63) is 44.2 Å². The van der Waals surface area contributed by atoms with E-state index in [0.717, 1.165) is 15.2 Å². The number of rotatable bonds is 5. The number of nitrogens with zero attached hydrogens (tertiary/aromatic N) is 2. The molecular formula is C14H15BrN3OS2+. The summed E-state index contributed by atoms with van der Waals surface area (Å²) in [5.74, 6) is 1.30. The van der Waals surface area contributed by atoms with Gasteiger partial charge in [-0.25, -0.2) is 0 Å². The van der Waals surface area contributed by atoms with Gasteiger partial charge in [0.2, 0.25) is 0 Å². The van der Waals surface area contributed by atoms with Gasteiger partial charge in [-0.1, -0.05) is 6.07 Å². The monoisotopic (exact) mass is 384 g/mol. The highest BCUT2D eigenvalue weighted by molar-refractivity contribution is 9.11. The molecule has 2 atom stereocenters. The highest BCUT2D eigenvalue weighted by Crippen LogP contribution is 2.24. The second kappa shape index (κ2) is 6.39. The first-order valence-corrected chi connectivity index (χ1v) is 9.06. The molecule has 0 saturated carbocycles. The van der Waals surface area contributed by atoms with Gasteiger partial charge in [-0.05, 0) is 46.4 Å². The molecule has 3 rings (SSSR count). The Hall–Kier alpha value is -1.02. The maximum atomic E-state index is 5.82. The SMILES string of the molecule is C[C@H](c1nnc(-c2cccs2)o1)[NH+](C)Cc1ccc(Br)s1. The van der Waals surface area contributed by atoms with Gasteiger partial charge in [0.1, 0.15) is 6.54 Å². The summed E-state index contributed by atoms with van der Waals surface area (Å²) >= 11 is 6.87. The minimum Gasteiger partial charge on any atom is -0.414 e. The topological polar surface area (TPSA) is 43.4 Å². The molecule has 0 spiro atoms. The summed E-state index contributed by atoms with van der Waals surface area (Å²) in [4.78, 5) is 3.68. The van der Waals surface area contributed by atoms with Crippen molar-refractivity contribution in [2.24, 2.45) is 0 Å². The lowest BCUT2D eigenvalue weighted by molar-refractivity contribution is -0.925. The summed E-state index contributed by atoms with van der Waals surface area (Å²) in [6, 6.07) is 8.37. The number of quaternary nitrogens is 1. The molecule has 0 aliphatic rings. The molecule has 0 bridgehead atoms. The van der Waals surface area contributed by atoms with Gasteiger partial charge >= 0.3 is 0 Å². The number of nitrogens with one attached hydrogen (secondary N) is 1. The average molecular weight is 385 g/mol. The van der Waals surface area contributed by atoms with Gasteiger partial charge in [-0.2, -0.15) is 0 Å². The molecule has 3 aromatic heterocycles. The molecule has 0 radical (unpaired) electrons. The number of aromatic nitrogens is 2. The summed E-state index contributed by atoms with van der Waals surface area (Å²) in [6.07, 6.45) is 0. The zero-order valence-corrected chi connectivity index (χ0v) is 14.9. The summed E-state index contributed by atoms with van der Waals surface area (Å²) in [6.45, 7) is 3.05.